The van der Waals surface area contributed by atoms with E-state index in [9.17, 15) is 9.59 Å². The van der Waals surface area contributed by atoms with Crippen LogP contribution in [-0.4, -0.2) is 49.4 Å². The van der Waals surface area contributed by atoms with Gasteiger partial charge in [-0.05, 0) is 47.9 Å². The van der Waals surface area contributed by atoms with Crippen molar-refractivity contribution in [3.8, 4) is 0 Å². The lowest BCUT2D eigenvalue weighted by Crippen LogP contribution is -2.28. The van der Waals surface area contributed by atoms with Crippen molar-refractivity contribution in [2.75, 3.05) is 20.6 Å². The summed E-state index contributed by atoms with van der Waals surface area (Å²) in [5.74, 6) is -0.133. The Balaban J connectivity index is 0. The minimum atomic E-state index is -0.111. The van der Waals surface area contributed by atoms with E-state index in [1.165, 1.54) is 6.08 Å². The third kappa shape index (κ3) is 18.7. The van der Waals surface area contributed by atoms with Crippen molar-refractivity contribution in [2.24, 2.45) is 0 Å². The Labute approximate surface area is 123 Å². The molecule has 0 unspecified atom stereocenters. The lowest BCUT2D eigenvalue weighted by Gasteiger charge is -2.05. The fraction of sp³-hybridized carbons (Fsp3) is 0.600. The molecule has 2 amide bonds. The van der Waals surface area contributed by atoms with E-state index in [4.69, 9.17) is 0 Å². The summed E-state index contributed by atoms with van der Waals surface area (Å²) in [7, 11) is 3.93. The molecule has 0 aromatic heterocycles. The van der Waals surface area contributed by atoms with Crippen LogP contribution in [0.4, 0.5) is 0 Å². The van der Waals surface area contributed by atoms with Gasteiger partial charge in [-0.2, -0.15) is 0 Å². The monoisotopic (exact) mass is 283 g/mol. The molecule has 0 aromatic carbocycles. The molecule has 0 fully saturated rings. The van der Waals surface area contributed by atoms with E-state index >= 15 is 0 Å². The second-order valence-corrected chi connectivity index (χ2v) is 5.20. The first-order valence-electron chi connectivity index (χ1n) is 6.73. The lowest BCUT2D eigenvalue weighted by molar-refractivity contribution is -0.117. The molecule has 0 heterocycles. The van der Waals surface area contributed by atoms with Crippen LogP contribution in [0.15, 0.2) is 24.8 Å². The minimum Gasteiger partial charge on any atom is -0.350 e. The highest BCUT2D eigenvalue weighted by Crippen LogP contribution is 1.81. The molecule has 5 nitrogen and oxygen atoms in total. The molecular formula is C15H29N3O2. The van der Waals surface area contributed by atoms with Crippen molar-refractivity contribution in [2.45, 2.75) is 39.8 Å². The average molecular weight is 283 g/mol. The number of hydrogen-bond donors (Lipinski definition) is 2. The van der Waals surface area contributed by atoms with E-state index in [0.717, 1.165) is 6.54 Å². The molecule has 0 bridgehead atoms. The van der Waals surface area contributed by atoms with Crippen molar-refractivity contribution < 1.29 is 9.59 Å². The maximum Gasteiger partial charge on any atom is 0.243 e. The van der Waals surface area contributed by atoms with Gasteiger partial charge in [0.25, 0.3) is 0 Å². The third-order valence-corrected chi connectivity index (χ3v) is 1.79. The van der Waals surface area contributed by atoms with Crippen molar-refractivity contribution in [1.82, 2.24) is 15.5 Å². The van der Waals surface area contributed by atoms with Crippen LogP contribution in [0.2, 0.25) is 0 Å². The van der Waals surface area contributed by atoms with Gasteiger partial charge >= 0.3 is 0 Å². The summed E-state index contributed by atoms with van der Waals surface area (Å²) in [6.45, 7) is 11.8. The van der Waals surface area contributed by atoms with E-state index in [1.807, 2.05) is 52.8 Å². The van der Waals surface area contributed by atoms with E-state index in [0.29, 0.717) is 0 Å². The fourth-order valence-corrected chi connectivity index (χ4v) is 1.05. The van der Waals surface area contributed by atoms with Crippen molar-refractivity contribution in [3.05, 3.63) is 24.8 Å². The van der Waals surface area contributed by atoms with Crippen molar-refractivity contribution >= 4 is 11.8 Å². The van der Waals surface area contributed by atoms with E-state index in [2.05, 4.69) is 17.2 Å². The maximum atomic E-state index is 11.0. The molecule has 0 spiro atoms. The van der Waals surface area contributed by atoms with Crippen LogP contribution in [0.5, 0.6) is 0 Å². The summed E-state index contributed by atoms with van der Waals surface area (Å²) < 4.78 is 0. The van der Waals surface area contributed by atoms with E-state index in [-0.39, 0.29) is 23.9 Å². The van der Waals surface area contributed by atoms with Gasteiger partial charge in [0.05, 0.1) is 0 Å². The van der Waals surface area contributed by atoms with Crippen LogP contribution in [-0.2, 0) is 9.59 Å². The number of amides is 2. The van der Waals surface area contributed by atoms with Gasteiger partial charge in [-0.3, -0.25) is 9.59 Å². The third-order valence-electron chi connectivity index (χ3n) is 1.79. The number of rotatable bonds is 6. The van der Waals surface area contributed by atoms with E-state index in [1.54, 1.807) is 6.08 Å². The molecule has 2 N–H and O–H groups in total. The number of likely N-dealkylation sites (N-methyl/N-ethyl adjacent to an activating group) is 1. The van der Waals surface area contributed by atoms with Gasteiger partial charge in [-0.25, -0.2) is 0 Å². The standard InChI is InChI=1S/C9H18N2O.C6H11NO/c1-8(2)10-9(12)6-5-7-11(3)4;1-4-6(8)7-5(2)3/h5-6,8H,7H2,1-4H3,(H,10,12);4-5H,1H2,2-3H3,(H,7,8). The fourth-order valence-electron chi connectivity index (χ4n) is 1.05. The summed E-state index contributed by atoms with van der Waals surface area (Å²) in [5.41, 5.74) is 0. The normalized spacial score (nSPS) is 10.4. The molecule has 116 valence electrons. The topological polar surface area (TPSA) is 61.4 Å². The number of nitrogens with one attached hydrogen (secondary N) is 2. The van der Waals surface area contributed by atoms with Crippen LogP contribution in [0.3, 0.4) is 0 Å². The van der Waals surface area contributed by atoms with Gasteiger partial charge in [-0.15, -0.1) is 0 Å². The maximum absolute atomic E-state index is 11.0. The first-order chi connectivity index (χ1) is 9.18. The molecule has 0 rings (SSSR count). The number of carbonyl (C=O) groups is 2. The van der Waals surface area contributed by atoms with Crippen LogP contribution in [0.25, 0.3) is 0 Å². The van der Waals surface area contributed by atoms with Crippen LogP contribution < -0.4 is 10.6 Å². The van der Waals surface area contributed by atoms with Gasteiger partial charge < -0.3 is 15.5 Å². The number of nitrogens with zero attached hydrogens (tertiary/aromatic N) is 1. The van der Waals surface area contributed by atoms with Crippen molar-refractivity contribution in [1.29, 1.82) is 0 Å². The Bertz CT molecular complexity index is 321. The Kier molecular flexibility index (Phi) is 12.8. The Hall–Kier alpha value is -1.62. The molecule has 0 aliphatic carbocycles. The van der Waals surface area contributed by atoms with Crippen LogP contribution in [0, 0.1) is 0 Å². The Morgan fingerprint density at radius 1 is 1.05 bits per heavy atom. The quantitative estimate of drug-likeness (QED) is 0.723. The van der Waals surface area contributed by atoms with Gasteiger partial charge in [0, 0.05) is 24.7 Å². The summed E-state index contributed by atoms with van der Waals surface area (Å²) in [5, 5.41) is 5.41. The Morgan fingerprint density at radius 3 is 1.80 bits per heavy atom. The van der Waals surface area contributed by atoms with Crippen LogP contribution >= 0.6 is 0 Å². The Morgan fingerprint density at radius 2 is 1.50 bits per heavy atom. The molecule has 0 aliphatic rings. The molecule has 0 aromatic rings. The van der Waals surface area contributed by atoms with E-state index < -0.39 is 0 Å². The predicted octanol–water partition coefficient (Wildman–Crippen LogP) is 1.33. The lowest BCUT2D eigenvalue weighted by atomic mass is 10.3. The summed E-state index contributed by atoms with van der Waals surface area (Å²) >= 11 is 0. The zero-order valence-electron chi connectivity index (χ0n) is 13.6. The summed E-state index contributed by atoms with van der Waals surface area (Å²) in [6.07, 6.45) is 4.68. The molecule has 0 radical (unpaired) electrons. The van der Waals surface area contributed by atoms with Gasteiger partial charge in [0.15, 0.2) is 0 Å². The summed E-state index contributed by atoms with van der Waals surface area (Å²) in [4.78, 5) is 23.4. The second-order valence-electron chi connectivity index (χ2n) is 5.20. The largest absolute Gasteiger partial charge is 0.350 e. The molecule has 0 saturated heterocycles. The number of carbonyl (C=O) groups excluding carboxylic acids is 2. The molecule has 0 atom stereocenters. The predicted molar refractivity (Wildman–Crippen MR) is 84.4 cm³/mol. The SMILES string of the molecule is C=CC(=O)NC(C)C.CC(C)NC(=O)C=CCN(C)C. The molecule has 20 heavy (non-hydrogen) atoms. The number of hydrogen-bond acceptors (Lipinski definition) is 3. The first kappa shape index (κ1) is 20.7. The zero-order valence-corrected chi connectivity index (χ0v) is 13.6. The average Bonchev–Trinajstić information content (AvgIpc) is 2.27. The first-order valence-corrected chi connectivity index (χ1v) is 6.73. The van der Waals surface area contributed by atoms with Crippen LogP contribution in [0.1, 0.15) is 27.7 Å². The van der Waals surface area contributed by atoms with Gasteiger partial charge in [0.2, 0.25) is 11.8 Å². The second kappa shape index (κ2) is 12.4. The highest BCUT2D eigenvalue weighted by atomic mass is 16.2. The summed E-state index contributed by atoms with van der Waals surface area (Å²) in [6, 6.07) is 0.419. The molecule has 0 aliphatic heterocycles. The zero-order chi connectivity index (χ0) is 16.1. The van der Waals surface area contributed by atoms with Gasteiger partial charge in [0.1, 0.15) is 0 Å². The van der Waals surface area contributed by atoms with Gasteiger partial charge in [-0.1, -0.05) is 12.7 Å². The minimum absolute atomic E-state index is 0.0214. The molecule has 0 saturated carbocycles. The molecule has 5 heteroatoms. The van der Waals surface area contributed by atoms with Crippen molar-refractivity contribution in [3.63, 3.8) is 0 Å². The molecular weight excluding hydrogens is 254 g/mol. The highest BCUT2D eigenvalue weighted by Gasteiger charge is 1.96. The highest BCUT2D eigenvalue weighted by molar-refractivity contribution is 5.87. The smallest absolute Gasteiger partial charge is 0.243 e.